The highest BCUT2D eigenvalue weighted by Crippen LogP contribution is 2.40. The van der Waals surface area contributed by atoms with Crippen molar-refractivity contribution in [2.24, 2.45) is 0 Å². The van der Waals surface area contributed by atoms with Crippen LogP contribution in [0.15, 0.2) is 35.7 Å². The van der Waals surface area contributed by atoms with Crippen LogP contribution in [0, 0.1) is 0 Å². The van der Waals surface area contributed by atoms with E-state index >= 15 is 0 Å². The molecule has 3 heterocycles. The van der Waals surface area contributed by atoms with Crippen LogP contribution in [0.5, 0.6) is 5.75 Å². The maximum absolute atomic E-state index is 11.1. The van der Waals surface area contributed by atoms with E-state index in [0.29, 0.717) is 6.61 Å². The smallest absolute Gasteiger partial charge is 0.307 e. The SMILES string of the molecule is O=C(O)Cc1ccc2c(c1)/C(=C\CCN1CCOCC1)c1sccc1CO2. The molecule has 0 saturated carbocycles. The molecule has 2 aliphatic heterocycles. The number of hydrogen-bond donors (Lipinski definition) is 1. The van der Waals surface area contributed by atoms with Crippen LogP contribution < -0.4 is 4.74 Å². The van der Waals surface area contributed by atoms with E-state index in [4.69, 9.17) is 14.6 Å². The third-order valence-corrected chi connectivity index (χ3v) is 5.95. The van der Waals surface area contributed by atoms with Crippen molar-refractivity contribution in [1.82, 2.24) is 4.90 Å². The molecule has 27 heavy (non-hydrogen) atoms. The molecular formula is C21H23NO4S. The molecule has 142 valence electrons. The first-order valence-electron chi connectivity index (χ1n) is 9.25. The van der Waals surface area contributed by atoms with Gasteiger partial charge in [0.2, 0.25) is 0 Å². The van der Waals surface area contributed by atoms with Crippen LogP contribution in [-0.2, 0) is 22.6 Å². The van der Waals surface area contributed by atoms with Gasteiger partial charge in [-0.15, -0.1) is 11.3 Å². The van der Waals surface area contributed by atoms with Crippen molar-refractivity contribution in [2.45, 2.75) is 19.4 Å². The number of morpholine rings is 1. The molecule has 1 N–H and O–H groups in total. The molecule has 2 aromatic rings. The number of benzene rings is 1. The van der Waals surface area contributed by atoms with Crippen molar-refractivity contribution >= 4 is 22.9 Å². The number of carboxylic acid groups (broad SMARTS) is 1. The molecule has 0 atom stereocenters. The van der Waals surface area contributed by atoms with Gasteiger partial charge in [0.25, 0.3) is 0 Å². The van der Waals surface area contributed by atoms with Gasteiger partial charge in [0.15, 0.2) is 0 Å². The Balaban J connectivity index is 1.64. The van der Waals surface area contributed by atoms with E-state index in [0.717, 1.165) is 61.7 Å². The summed E-state index contributed by atoms with van der Waals surface area (Å²) in [6, 6.07) is 7.83. The van der Waals surface area contributed by atoms with Gasteiger partial charge in [-0.3, -0.25) is 9.69 Å². The molecule has 4 rings (SSSR count). The van der Waals surface area contributed by atoms with E-state index in [-0.39, 0.29) is 6.42 Å². The first-order chi connectivity index (χ1) is 13.2. The molecule has 0 spiro atoms. The molecule has 0 aliphatic carbocycles. The fraction of sp³-hybridized carbons (Fsp3) is 0.381. The molecule has 1 saturated heterocycles. The van der Waals surface area contributed by atoms with Gasteiger partial charge in [0, 0.05) is 35.6 Å². The molecule has 1 aromatic heterocycles. The zero-order valence-corrected chi connectivity index (χ0v) is 16.0. The Morgan fingerprint density at radius 1 is 1.26 bits per heavy atom. The predicted molar refractivity (Wildman–Crippen MR) is 105 cm³/mol. The quantitative estimate of drug-likeness (QED) is 0.855. The maximum atomic E-state index is 11.1. The number of nitrogens with zero attached hydrogens (tertiary/aromatic N) is 1. The number of carboxylic acids is 1. The number of rotatable bonds is 5. The minimum absolute atomic E-state index is 0.0195. The van der Waals surface area contributed by atoms with Gasteiger partial charge >= 0.3 is 5.97 Å². The summed E-state index contributed by atoms with van der Waals surface area (Å²) in [5.41, 5.74) is 4.14. The highest BCUT2D eigenvalue weighted by molar-refractivity contribution is 7.11. The second-order valence-electron chi connectivity index (χ2n) is 6.83. The van der Waals surface area contributed by atoms with Crippen LogP contribution in [0.4, 0.5) is 0 Å². The summed E-state index contributed by atoms with van der Waals surface area (Å²) in [6.07, 6.45) is 3.24. The van der Waals surface area contributed by atoms with E-state index in [2.05, 4.69) is 22.4 Å². The van der Waals surface area contributed by atoms with E-state index in [9.17, 15) is 4.79 Å². The Morgan fingerprint density at radius 2 is 2.11 bits per heavy atom. The lowest BCUT2D eigenvalue weighted by atomic mass is 9.97. The number of thiophene rings is 1. The number of aliphatic carboxylic acids is 1. The average Bonchev–Trinajstić information content (AvgIpc) is 3.08. The standard InChI is InChI=1S/C21H23NO4S/c23-20(24)13-15-3-4-19-18(12-15)17(21-16(14-26-19)5-11-27-21)2-1-6-22-7-9-25-10-8-22/h2-5,11-12H,1,6-10,13-14H2,(H,23,24)/b17-2+. The lowest BCUT2D eigenvalue weighted by Gasteiger charge is -2.26. The van der Waals surface area contributed by atoms with Gasteiger partial charge in [-0.2, -0.15) is 0 Å². The Morgan fingerprint density at radius 3 is 2.93 bits per heavy atom. The topological polar surface area (TPSA) is 59.0 Å². The minimum atomic E-state index is -0.820. The third-order valence-electron chi connectivity index (χ3n) is 4.96. The Labute approximate surface area is 162 Å². The summed E-state index contributed by atoms with van der Waals surface area (Å²) < 4.78 is 11.4. The fourth-order valence-corrected chi connectivity index (χ4v) is 4.55. The molecule has 5 nitrogen and oxygen atoms in total. The van der Waals surface area contributed by atoms with E-state index in [1.54, 1.807) is 11.3 Å². The van der Waals surface area contributed by atoms with Crippen molar-refractivity contribution in [1.29, 1.82) is 0 Å². The van der Waals surface area contributed by atoms with Gasteiger partial charge < -0.3 is 14.6 Å². The minimum Gasteiger partial charge on any atom is -0.488 e. The monoisotopic (exact) mass is 385 g/mol. The van der Waals surface area contributed by atoms with Crippen LogP contribution in [0.2, 0.25) is 0 Å². The lowest BCUT2D eigenvalue weighted by Crippen LogP contribution is -2.36. The van der Waals surface area contributed by atoms with Crippen LogP contribution >= 0.6 is 11.3 Å². The van der Waals surface area contributed by atoms with Gasteiger partial charge in [0.1, 0.15) is 12.4 Å². The van der Waals surface area contributed by atoms with Crippen molar-refractivity contribution in [2.75, 3.05) is 32.8 Å². The van der Waals surface area contributed by atoms with Crippen LogP contribution in [0.25, 0.3) is 5.57 Å². The van der Waals surface area contributed by atoms with Crippen LogP contribution in [-0.4, -0.2) is 48.8 Å². The van der Waals surface area contributed by atoms with Crippen molar-refractivity contribution < 1.29 is 19.4 Å². The number of ether oxygens (including phenoxy) is 2. The summed E-state index contributed by atoms with van der Waals surface area (Å²) in [5.74, 6) is 0.00399. The summed E-state index contributed by atoms with van der Waals surface area (Å²) in [4.78, 5) is 14.8. The number of carbonyl (C=O) groups is 1. The first kappa shape index (κ1) is 18.2. The summed E-state index contributed by atoms with van der Waals surface area (Å²) in [6.45, 7) is 5.12. The maximum Gasteiger partial charge on any atom is 0.307 e. The third kappa shape index (κ3) is 4.24. The van der Waals surface area contributed by atoms with Gasteiger partial charge in [-0.25, -0.2) is 0 Å². The molecule has 1 fully saturated rings. The molecule has 0 amide bonds. The summed E-state index contributed by atoms with van der Waals surface area (Å²) >= 11 is 1.72. The van der Waals surface area contributed by atoms with E-state index in [1.807, 2.05) is 18.2 Å². The van der Waals surface area contributed by atoms with Crippen molar-refractivity contribution in [3.8, 4) is 5.75 Å². The predicted octanol–water partition coefficient (Wildman–Crippen LogP) is 3.42. The second kappa shape index (κ2) is 8.25. The Bertz CT molecular complexity index is 852. The number of hydrogen-bond acceptors (Lipinski definition) is 5. The first-order valence-corrected chi connectivity index (χ1v) is 10.1. The van der Waals surface area contributed by atoms with Crippen molar-refractivity contribution in [3.05, 3.63) is 57.3 Å². The van der Waals surface area contributed by atoms with Crippen molar-refractivity contribution in [3.63, 3.8) is 0 Å². The molecule has 6 heteroatoms. The highest BCUT2D eigenvalue weighted by Gasteiger charge is 2.21. The molecule has 0 radical (unpaired) electrons. The van der Waals surface area contributed by atoms with Gasteiger partial charge in [-0.1, -0.05) is 12.1 Å². The zero-order valence-electron chi connectivity index (χ0n) is 15.1. The number of fused-ring (bicyclic) bond motifs is 2. The average molecular weight is 385 g/mol. The molecular weight excluding hydrogens is 362 g/mol. The van der Waals surface area contributed by atoms with E-state index in [1.165, 1.54) is 10.4 Å². The fourth-order valence-electron chi connectivity index (χ4n) is 3.58. The normalized spacial score (nSPS) is 18.4. The van der Waals surface area contributed by atoms with E-state index < -0.39 is 5.97 Å². The molecule has 0 bridgehead atoms. The van der Waals surface area contributed by atoms with Gasteiger partial charge in [0.05, 0.1) is 19.6 Å². The second-order valence-corrected chi connectivity index (χ2v) is 7.74. The summed E-state index contributed by atoms with van der Waals surface area (Å²) in [7, 11) is 0. The molecule has 1 aromatic carbocycles. The zero-order chi connectivity index (χ0) is 18.6. The van der Waals surface area contributed by atoms with Crippen LogP contribution in [0.3, 0.4) is 0 Å². The highest BCUT2D eigenvalue weighted by atomic mass is 32.1. The van der Waals surface area contributed by atoms with Crippen LogP contribution in [0.1, 0.15) is 28.0 Å². The summed E-state index contributed by atoms with van der Waals surface area (Å²) in [5, 5.41) is 11.2. The molecule has 2 aliphatic rings. The largest absolute Gasteiger partial charge is 0.488 e. The Hall–Kier alpha value is -2.15. The Kier molecular flexibility index (Phi) is 5.57. The van der Waals surface area contributed by atoms with Gasteiger partial charge in [-0.05, 0) is 41.1 Å². The lowest BCUT2D eigenvalue weighted by molar-refractivity contribution is -0.136. The molecule has 0 unspecified atom stereocenters.